The maximum absolute atomic E-state index is 11.7. The number of carbonyl (C=O) groups excluding carboxylic acids is 1. The molecule has 0 heterocycles. The Morgan fingerprint density at radius 1 is 1.35 bits per heavy atom. The van der Waals surface area contributed by atoms with Gasteiger partial charge in [-0.05, 0) is 37.1 Å². The molecule has 0 radical (unpaired) electrons. The lowest BCUT2D eigenvalue weighted by atomic mass is 10.1. The molecule has 1 rings (SSSR count). The molecule has 1 aromatic carbocycles. The van der Waals surface area contributed by atoms with Gasteiger partial charge in [0.05, 0.1) is 0 Å². The predicted molar refractivity (Wildman–Crippen MR) is 65.4 cm³/mol. The second-order valence-corrected chi connectivity index (χ2v) is 4.21. The lowest BCUT2D eigenvalue weighted by Gasteiger charge is -2.05. The van der Waals surface area contributed by atoms with E-state index >= 15 is 0 Å². The maximum atomic E-state index is 11.7. The lowest BCUT2D eigenvalue weighted by Crippen LogP contribution is -2.24. The van der Waals surface area contributed by atoms with Gasteiger partial charge in [0, 0.05) is 23.6 Å². The normalized spacial score (nSPS) is 10.0. The summed E-state index contributed by atoms with van der Waals surface area (Å²) in [6.45, 7) is 2.20. The number of hydrogen-bond acceptors (Lipinski definition) is 2. The van der Waals surface area contributed by atoms with Crippen LogP contribution in [0.2, 0.25) is 5.02 Å². The van der Waals surface area contributed by atoms with E-state index in [4.69, 9.17) is 16.7 Å². The first-order valence-corrected chi connectivity index (χ1v) is 5.64. The Labute approximate surface area is 105 Å². The van der Waals surface area contributed by atoms with Gasteiger partial charge in [0.25, 0.3) is 5.91 Å². The van der Waals surface area contributed by atoms with Crippen LogP contribution in [0.15, 0.2) is 18.2 Å². The van der Waals surface area contributed by atoms with Gasteiger partial charge in [0.2, 0.25) is 0 Å². The first-order valence-electron chi connectivity index (χ1n) is 5.26. The Bertz CT molecular complexity index is 412. The molecule has 1 amide bonds. The quantitative estimate of drug-likeness (QED) is 0.793. The van der Waals surface area contributed by atoms with Crippen molar-refractivity contribution in [2.75, 3.05) is 6.54 Å². The average molecular weight is 256 g/mol. The summed E-state index contributed by atoms with van der Waals surface area (Å²) in [5.74, 6) is -1.10. The van der Waals surface area contributed by atoms with E-state index in [9.17, 15) is 9.59 Å². The van der Waals surface area contributed by atoms with Gasteiger partial charge in [-0.3, -0.25) is 9.59 Å². The fraction of sp³-hybridized carbons (Fsp3) is 0.333. The smallest absolute Gasteiger partial charge is 0.303 e. The zero-order valence-corrected chi connectivity index (χ0v) is 10.3. The van der Waals surface area contributed by atoms with Crippen molar-refractivity contribution < 1.29 is 14.7 Å². The van der Waals surface area contributed by atoms with Gasteiger partial charge < -0.3 is 10.4 Å². The zero-order chi connectivity index (χ0) is 12.8. The maximum Gasteiger partial charge on any atom is 0.303 e. The van der Waals surface area contributed by atoms with Crippen molar-refractivity contribution in [2.45, 2.75) is 19.8 Å². The zero-order valence-electron chi connectivity index (χ0n) is 9.50. The molecule has 5 heteroatoms. The molecule has 0 bridgehead atoms. The largest absolute Gasteiger partial charge is 0.481 e. The van der Waals surface area contributed by atoms with Crippen LogP contribution < -0.4 is 5.32 Å². The van der Waals surface area contributed by atoms with Crippen molar-refractivity contribution >= 4 is 23.5 Å². The van der Waals surface area contributed by atoms with E-state index in [1.165, 1.54) is 0 Å². The van der Waals surface area contributed by atoms with Gasteiger partial charge in [-0.25, -0.2) is 0 Å². The fourth-order valence-corrected chi connectivity index (χ4v) is 1.70. The van der Waals surface area contributed by atoms with E-state index in [0.717, 1.165) is 5.56 Å². The molecule has 4 nitrogen and oxygen atoms in total. The molecule has 0 spiro atoms. The first-order chi connectivity index (χ1) is 7.99. The summed E-state index contributed by atoms with van der Waals surface area (Å²) in [7, 11) is 0. The summed E-state index contributed by atoms with van der Waals surface area (Å²) in [6, 6.07) is 5.09. The second kappa shape index (κ2) is 6.25. The van der Waals surface area contributed by atoms with Gasteiger partial charge >= 0.3 is 5.97 Å². The topological polar surface area (TPSA) is 66.4 Å². The number of aryl methyl sites for hydroxylation is 1. The van der Waals surface area contributed by atoms with Crippen molar-refractivity contribution in [1.82, 2.24) is 5.32 Å². The molecule has 0 aliphatic carbocycles. The highest BCUT2D eigenvalue weighted by molar-refractivity contribution is 6.31. The molecule has 0 aliphatic rings. The van der Waals surface area contributed by atoms with Gasteiger partial charge in [0.1, 0.15) is 0 Å². The van der Waals surface area contributed by atoms with Gasteiger partial charge in [-0.1, -0.05) is 11.6 Å². The highest BCUT2D eigenvalue weighted by Gasteiger charge is 2.06. The third kappa shape index (κ3) is 4.87. The number of benzene rings is 1. The predicted octanol–water partition coefficient (Wildman–Crippen LogP) is 2.24. The van der Waals surface area contributed by atoms with E-state index in [1.807, 2.05) is 6.92 Å². The summed E-state index contributed by atoms with van der Waals surface area (Å²) >= 11 is 5.84. The minimum absolute atomic E-state index is 0.0505. The molecule has 0 aromatic heterocycles. The van der Waals surface area contributed by atoms with Crippen LogP contribution in [0.25, 0.3) is 0 Å². The van der Waals surface area contributed by atoms with Crippen molar-refractivity contribution in [1.29, 1.82) is 0 Å². The molecule has 0 atom stereocenters. The fourth-order valence-electron chi connectivity index (χ4n) is 1.41. The molecule has 92 valence electrons. The van der Waals surface area contributed by atoms with E-state index in [1.54, 1.807) is 18.2 Å². The Morgan fingerprint density at radius 3 is 2.65 bits per heavy atom. The highest BCUT2D eigenvalue weighted by atomic mass is 35.5. The SMILES string of the molecule is Cc1cc(Cl)cc(C(=O)NCCCC(=O)O)c1. The highest BCUT2D eigenvalue weighted by Crippen LogP contribution is 2.14. The van der Waals surface area contributed by atoms with Crippen molar-refractivity contribution in [2.24, 2.45) is 0 Å². The Morgan fingerprint density at radius 2 is 2.06 bits per heavy atom. The molecule has 0 saturated heterocycles. The van der Waals surface area contributed by atoms with Crippen molar-refractivity contribution in [3.8, 4) is 0 Å². The monoisotopic (exact) mass is 255 g/mol. The number of rotatable bonds is 5. The summed E-state index contributed by atoms with van der Waals surface area (Å²) in [5.41, 5.74) is 1.40. The van der Waals surface area contributed by atoms with Crippen molar-refractivity contribution in [3.05, 3.63) is 34.3 Å². The molecule has 0 saturated carbocycles. The molecule has 0 unspecified atom stereocenters. The summed E-state index contributed by atoms with van der Waals surface area (Å²) in [4.78, 5) is 21.9. The van der Waals surface area contributed by atoms with Crippen LogP contribution in [0.4, 0.5) is 0 Å². The molecule has 0 aliphatic heterocycles. The van der Waals surface area contributed by atoms with E-state index in [2.05, 4.69) is 5.32 Å². The second-order valence-electron chi connectivity index (χ2n) is 3.77. The number of carbonyl (C=O) groups is 2. The molecule has 0 fully saturated rings. The van der Waals surface area contributed by atoms with Crippen LogP contribution in [-0.4, -0.2) is 23.5 Å². The van der Waals surface area contributed by atoms with E-state index < -0.39 is 5.97 Å². The van der Waals surface area contributed by atoms with Gasteiger partial charge in [-0.2, -0.15) is 0 Å². The number of carboxylic acids is 1. The molecule has 1 aromatic rings. The number of nitrogens with one attached hydrogen (secondary N) is 1. The summed E-state index contributed by atoms with van der Waals surface area (Å²) in [6.07, 6.45) is 0.468. The Hall–Kier alpha value is -1.55. The van der Waals surface area contributed by atoms with Gasteiger partial charge in [-0.15, -0.1) is 0 Å². The van der Waals surface area contributed by atoms with Crippen LogP contribution in [0.1, 0.15) is 28.8 Å². The Kier molecular flexibility index (Phi) is 4.97. The van der Waals surface area contributed by atoms with E-state index in [0.29, 0.717) is 23.6 Å². The molecule has 2 N–H and O–H groups in total. The summed E-state index contributed by atoms with van der Waals surface area (Å²) < 4.78 is 0. The standard InChI is InChI=1S/C12H14ClNO3/c1-8-5-9(7-10(13)6-8)12(17)14-4-2-3-11(15)16/h5-7H,2-4H2,1H3,(H,14,17)(H,15,16). The van der Waals surface area contributed by atoms with Crippen LogP contribution >= 0.6 is 11.6 Å². The minimum Gasteiger partial charge on any atom is -0.481 e. The third-order valence-electron chi connectivity index (χ3n) is 2.16. The molecular weight excluding hydrogens is 242 g/mol. The van der Waals surface area contributed by atoms with Crippen molar-refractivity contribution in [3.63, 3.8) is 0 Å². The van der Waals surface area contributed by atoms with E-state index in [-0.39, 0.29) is 12.3 Å². The number of aliphatic carboxylic acids is 1. The average Bonchev–Trinajstić information content (AvgIpc) is 2.22. The molecule has 17 heavy (non-hydrogen) atoms. The number of hydrogen-bond donors (Lipinski definition) is 2. The number of halogens is 1. The number of carboxylic acid groups (broad SMARTS) is 1. The Balaban J connectivity index is 2.49. The lowest BCUT2D eigenvalue weighted by molar-refractivity contribution is -0.137. The van der Waals surface area contributed by atoms with Crippen LogP contribution in [-0.2, 0) is 4.79 Å². The van der Waals surface area contributed by atoms with Gasteiger partial charge in [0.15, 0.2) is 0 Å². The molecular formula is C12H14ClNO3. The third-order valence-corrected chi connectivity index (χ3v) is 2.38. The summed E-state index contributed by atoms with van der Waals surface area (Å²) in [5, 5.41) is 11.6. The van der Waals surface area contributed by atoms with Crippen LogP contribution in [0.3, 0.4) is 0 Å². The number of amides is 1. The van der Waals surface area contributed by atoms with Crippen LogP contribution in [0.5, 0.6) is 0 Å². The first kappa shape index (κ1) is 13.5. The van der Waals surface area contributed by atoms with Crippen LogP contribution in [0, 0.1) is 6.92 Å². The minimum atomic E-state index is -0.863.